The predicted molar refractivity (Wildman–Crippen MR) is 83.3 cm³/mol. The van der Waals surface area contributed by atoms with Gasteiger partial charge in [0.1, 0.15) is 5.76 Å². The van der Waals surface area contributed by atoms with Gasteiger partial charge in [0, 0.05) is 11.8 Å². The maximum Gasteiger partial charge on any atom is 0.347 e. The summed E-state index contributed by atoms with van der Waals surface area (Å²) in [5, 5.41) is 0.802. The lowest BCUT2D eigenvalue weighted by Crippen LogP contribution is -2.07. The first kappa shape index (κ1) is 13.6. The van der Waals surface area contributed by atoms with Crippen LogP contribution < -0.4 is 5.69 Å². The molecule has 0 atom stereocenters. The van der Waals surface area contributed by atoms with Crippen LogP contribution in [0.25, 0.3) is 22.4 Å². The first-order valence-electron chi connectivity index (χ1n) is 7.34. The Morgan fingerprint density at radius 1 is 1.19 bits per heavy atom. The van der Waals surface area contributed by atoms with Gasteiger partial charge in [0.05, 0.1) is 5.39 Å². The van der Waals surface area contributed by atoms with Crippen LogP contribution in [0.4, 0.5) is 0 Å². The van der Waals surface area contributed by atoms with E-state index in [1.165, 1.54) is 31.0 Å². The minimum atomic E-state index is -0.394. The van der Waals surface area contributed by atoms with Gasteiger partial charge in [-0.15, -0.1) is 0 Å². The highest BCUT2D eigenvalue weighted by Gasteiger charge is 2.07. The van der Waals surface area contributed by atoms with Crippen molar-refractivity contribution in [1.82, 2.24) is 9.97 Å². The number of rotatable bonds is 5. The second kappa shape index (κ2) is 5.95. The van der Waals surface area contributed by atoms with Crippen molar-refractivity contribution >= 4 is 11.1 Å². The maximum absolute atomic E-state index is 11.2. The summed E-state index contributed by atoms with van der Waals surface area (Å²) in [4.78, 5) is 17.5. The molecule has 0 saturated carbocycles. The van der Waals surface area contributed by atoms with E-state index in [1.807, 2.05) is 6.07 Å². The molecule has 2 heterocycles. The molecule has 4 nitrogen and oxygen atoms in total. The zero-order chi connectivity index (χ0) is 14.7. The number of fused-ring (bicyclic) bond motifs is 1. The Morgan fingerprint density at radius 2 is 2.00 bits per heavy atom. The average molecular weight is 282 g/mol. The fraction of sp³-hybridized carbons (Fsp3) is 0.294. The van der Waals surface area contributed by atoms with Gasteiger partial charge in [-0.2, -0.15) is 0 Å². The van der Waals surface area contributed by atoms with Crippen molar-refractivity contribution in [3.8, 4) is 11.3 Å². The number of benzene rings is 1. The van der Waals surface area contributed by atoms with Crippen LogP contribution in [0, 0.1) is 0 Å². The van der Waals surface area contributed by atoms with Crippen LogP contribution in [0.3, 0.4) is 0 Å². The predicted octanol–water partition coefficient (Wildman–Crippen LogP) is 3.92. The van der Waals surface area contributed by atoms with Gasteiger partial charge in [-0.3, -0.25) is 4.98 Å². The van der Waals surface area contributed by atoms with E-state index < -0.39 is 5.69 Å². The van der Waals surface area contributed by atoms with E-state index in [9.17, 15) is 4.79 Å². The molecule has 108 valence electrons. The Labute approximate surface area is 122 Å². The first-order valence-corrected chi connectivity index (χ1v) is 7.34. The van der Waals surface area contributed by atoms with Crippen LogP contribution in [0.2, 0.25) is 0 Å². The third kappa shape index (κ3) is 3.05. The van der Waals surface area contributed by atoms with Crippen LogP contribution in [0.15, 0.2) is 45.7 Å². The summed E-state index contributed by atoms with van der Waals surface area (Å²) >= 11 is 0. The highest BCUT2D eigenvalue weighted by atomic mass is 16.3. The Kier molecular flexibility index (Phi) is 3.86. The Hall–Kier alpha value is -2.36. The largest absolute Gasteiger partial charge is 0.440 e. The fourth-order valence-corrected chi connectivity index (χ4v) is 2.41. The number of hydrogen-bond donors (Lipinski definition) is 1. The van der Waals surface area contributed by atoms with Crippen LogP contribution in [-0.4, -0.2) is 9.97 Å². The molecule has 0 aliphatic carbocycles. The summed E-state index contributed by atoms with van der Waals surface area (Å²) in [6.45, 7) is 2.21. The van der Waals surface area contributed by atoms with Gasteiger partial charge < -0.3 is 4.42 Å². The minimum absolute atomic E-state index is 0.394. The molecule has 1 aromatic carbocycles. The van der Waals surface area contributed by atoms with E-state index in [0.717, 1.165) is 23.1 Å². The van der Waals surface area contributed by atoms with Crippen LogP contribution in [0.5, 0.6) is 0 Å². The molecule has 0 aliphatic heterocycles. The van der Waals surface area contributed by atoms with Crippen LogP contribution in [-0.2, 0) is 6.42 Å². The number of aromatic amines is 1. The average Bonchev–Trinajstić information content (AvgIpc) is 2.91. The van der Waals surface area contributed by atoms with E-state index >= 15 is 0 Å². The molecule has 21 heavy (non-hydrogen) atoms. The lowest BCUT2D eigenvalue weighted by Gasteiger charge is -2.02. The van der Waals surface area contributed by atoms with E-state index in [4.69, 9.17) is 4.42 Å². The quantitative estimate of drug-likeness (QED) is 0.722. The molecule has 0 bridgehead atoms. The van der Waals surface area contributed by atoms with Crippen molar-refractivity contribution in [1.29, 1.82) is 0 Å². The van der Waals surface area contributed by atoms with Gasteiger partial charge in [-0.25, -0.2) is 9.78 Å². The molecule has 4 heteroatoms. The third-order valence-electron chi connectivity index (χ3n) is 3.61. The zero-order valence-electron chi connectivity index (χ0n) is 12.1. The van der Waals surface area contributed by atoms with E-state index in [1.54, 1.807) is 0 Å². The molecule has 1 N–H and O–H groups in total. The SMILES string of the molecule is CCCCCc1ccc(-c2cc3cnc(=O)[nH]c3o2)cc1. The minimum Gasteiger partial charge on any atom is -0.440 e. The van der Waals surface area contributed by atoms with Gasteiger partial charge in [0.15, 0.2) is 0 Å². The number of unbranched alkanes of at least 4 members (excludes halogenated alkanes) is 2. The maximum atomic E-state index is 11.2. The number of hydrogen-bond acceptors (Lipinski definition) is 3. The zero-order valence-corrected chi connectivity index (χ0v) is 12.1. The standard InChI is InChI=1S/C17H18N2O2/c1-2-3-4-5-12-6-8-13(9-7-12)15-10-14-11-18-17(20)19-16(14)21-15/h6-11H,2-5H2,1H3,(H,18,19,20). The highest BCUT2D eigenvalue weighted by molar-refractivity contribution is 5.78. The fourth-order valence-electron chi connectivity index (χ4n) is 2.41. The van der Waals surface area contributed by atoms with E-state index in [-0.39, 0.29) is 0 Å². The molecule has 3 rings (SSSR count). The molecule has 0 amide bonds. The van der Waals surface area contributed by atoms with Crippen molar-refractivity contribution in [2.24, 2.45) is 0 Å². The van der Waals surface area contributed by atoms with Gasteiger partial charge >= 0.3 is 5.69 Å². The van der Waals surface area contributed by atoms with Gasteiger partial charge in [0.25, 0.3) is 0 Å². The van der Waals surface area contributed by atoms with Crippen LogP contribution in [0.1, 0.15) is 31.7 Å². The Balaban J connectivity index is 1.83. The topological polar surface area (TPSA) is 58.9 Å². The first-order chi connectivity index (χ1) is 10.3. The summed E-state index contributed by atoms with van der Waals surface area (Å²) in [6.07, 6.45) is 6.38. The normalized spacial score (nSPS) is 11.1. The molecule has 0 unspecified atom stereocenters. The van der Waals surface area contributed by atoms with Crippen LogP contribution >= 0.6 is 0 Å². The monoisotopic (exact) mass is 282 g/mol. The number of nitrogens with zero attached hydrogens (tertiary/aromatic N) is 1. The summed E-state index contributed by atoms with van der Waals surface area (Å²) < 4.78 is 5.68. The number of aryl methyl sites for hydroxylation is 1. The van der Waals surface area contributed by atoms with Gasteiger partial charge in [0.2, 0.25) is 5.71 Å². The molecular weight excluding hydrogens is 264 g/mol. The summed E-state index contributed by atoms with van der Waals surface area (Å²) in [5.41, 5.74) is 2.43. The summed E-state index contributed by atoms with van der Waals surface area (Å²) in [7, 11) is 0. The highest BCUT2D eigenvalue weighted by Crippen LogP contribution is 2.26. The number of nitrogens with one attached hydrogen (secondary N) is 1. The third-order valence-corrected chi connectivity index (χ3v) is 3.61. The van der Waals surface area contributed by atoms with Crippen molar-refractivity contribution in [3.05, 3.63) is 52.6 Å². The molecule has 0 aliphatic rings. The van der Waals surface area contributed by atoms with Crippen molar-refractivity contribution in [2.75, 3.05) is 0 Å². The van der Waals surface area contributed by atoms with E-state index in [2.05, 4.69) is 41.2 Å². The number of aromatic nitrogens is 2. The smallest absolute Gasteiger partial charge is 0.347 e. The molecule has 0 saturated heterocycles. The Bertz CT molecular complexity index is 784. The lowest BCUT2D eigenvalue weighted by atomic mass is 10.0. The lowest BCUT2D eigenvalue weighted by molar-refractivity contribution is 0.615. The molecule has 2 aromatic heterocycles. The molecule has 0 radical (unpaired) electrons. The summed E-state index contributed by atoms with van der Waals surface area (Å²) in [5.74, 6) is 0.744. The van der Waals surface area contributed by atoms with Crippen molar-refractivity contribution in [3.63, 3.8) is 0 Å². The number of H-pyrrole nitrogens is 1. The van der Waals surface area contributed by atoms with Gasteiger partial charge in [-0.1, -0.05) is 44.0 Å². The molecular formula is C17H18N2O2. The molecule has 0 fully saturated rings. The molecule has 0 spiro atoms. The summed E-state index contributed by atoms with van der Waals surface area (Å²) in [6, 6.07) is 10.3. The second-order valence-electron chi connectivity index (χ2n) is 5.24. The van der Waals surface area contributed by atoms with Crippen molar-refractivity contribution < 1.29 is 4.42 Å². The Morgan fingerprint density at radius 3 is 2.76 bits per heavy atom. The van der Waals surface area contributed by atoms with Crippen molar-refractivity contribution in [2.45, 2.75) is 32.6 Å². The van der Waals surface area contributed by atoms with Gasteiger partial charge in [-0.05, 0) is 24.5 Å². The second-order valence-corrected chi connectivity index (χ2v) is 5.24. The molecule has 3 aromatic rings. The van der Waals surface area contributed by atoms with E-state index in [0.29, 0.717) is 5.71 Å². The number of furan rings is 1.